The Morgan fingerprint density at radius 1 is 1.10 bits per heavy atom. The molecule has 0 saturated heterocycles. The van der Waals surface area contributed by atoms with Crippen molar-refractivity contribution in [3.05, 3.63) is 23.4 Å². The fourth-order valence-corrected chi connectivity index (χ4v) is 2.70. The molecule has 0 radical (unpaired) electrons. The van der Waals surface area contributed by atoms with Crippen molar-refractivity contribution >= 4 is 16.0 Å². The molecule has 0 unspecified atom stereocenters. The second kappa shape index (κ2) is 6.17. The molecule has 0 amide bonds. The molecule has 0 atom stereocenters. The normalized spacial score (nSPS) is 11.6. The van der Waals surface area contributed by atoms with Crippen molar-refractivity contribution in [1.29, 1.82) is 0 Å². The highest BCUT2D eigenvalue weighted by atomic mass is 32.2. The molecule has 2 rings (SSSR count). The van der Waals surface area contributed by atoms with Crippen LogP contribution in [0.1, 0.15) is 38.0 Å². The first-order valence-corrected chi connectivity index (χ1v) is 8.27. The van der Waals surface area contributed by atoms with Gasteiger partial charge in [-0.2, -0.15) is 8.42 Å². The minimum absolute atomic E-state index is 0.0134. The van der Waals surface area contributed by atoms with E-state index in [0.29, 0.717) is 25.1 Å². The van der Waals surface area contributed by atoms with E-state index in [1.165, 1.54) is 6.20 Å². The number of aryl methyl sites for hydroxylation is 3. The lowest BCUT2D eigenvalue weighted by molar-refractivity contribution is 0.597. The lowest BCUT2D eigenvalue weighted by atomic mass is 10.2. The molecule has 0 bridgehead atoms. The number of H-pyrrole nitrogens is 1. The maximum Gasteiger partial charge on any atom is 0.281 e. The van der Waals surface area contributed by atoms with Crippen molar-refractivity contribution in [3.8, 4) is 0 Å². The van der Waals surface area contributed by atoms with Crippen LogP contribution in [0.15, 0.2) is 11.2 Å². The first-order valence-electron chi connectivity index (χ1n) is 6.79. The van der Waals surface area contributed by atoms with Crippen LogP contribution in [0.3, 0.4) is 0 Å². The standard InChI is InChI=1S/C12H18N6O2S/c1-4-8-9(5-2)16-17-12(14-8)18-21(19,20)11-7-13-10(6-3)15-11/h7H,4-6H2,1-3H3,(H,13,15)(H,14,17,18). The van der Waals surface area contributed by atoms with Gasteiger partial charge in [0, 0.05) is 6.42 Å². The van der Waals surface area contributed by atoms with Crippen LogP contribution in [0, 0.1) is 0 Å². The molecule has 2 N–H and O–H groups in total. The zero-order chi connectivity index (χ0) is 15.5. The first kappa shape index (κ1) is 15.4. The molecule has 9 heteroatoms. The van der Waals surface area contributed by atoms with E-state index in [0.717, 1.165) is 11.4 Å². The molecular weight excluding hydrogens is 292 g/mol. The molecule has 2 heterocycles. The summed E-state index contributed by atoms with van der Waals surface area (Å²) in [4.78, 5) is 10.9. The van der Waals surface area contributed by atoms with Crippen LogP contribution in [0.2, 0.25) is 0 Å². The molecule has 0 aliphatic heterocycles. The van der Waals surface area contributed by atoms with E-state index in [-0.39, 0.29) is 11.0 Å². The van der Waals surface area contributed by atoms with Gasteiger partial charge in [0.2, 0.25) is 0 Å². The van der Waals surface area contributed by atoms with E-state index in [2.05, 4.69) is 29.9 Å². The number of hydrogen-bond donors (Lipinski definition) is 2. The van der Waals surface area contributed by atoms with E-state index in [9.17, 15) is 8.42 Å². The van der Waals surface area contributed by atoms with Crippen molar-refractivity contribution in [2.24, 2.45) is 0 Å². The van der Waals surface area contributed by atoms with Crippen LogP contribution >= 0.6 is 0 Å². The molecule has 8 nitrogen and oxygen atoms in total. The smallest absolute Gasteiger partial charge is 0.281 e. The largest absolute Gasteiger partial charge is 0.332 e. The Hall–Kier alpha value is -2.03. The van der Waals surface area contributed by atoms with Gasteiger partial charge >= 0.3 is 0 Å². The first-order chi connectivity index (χ1) is 10.00. The van der Waals surface area contributed by atoms with Gasteiger partial charge in [0.1, 0.15) is 5.82 Å². The Morgan fingerprint density at radius 3 is 2.38 bits per heavy atom. The topological polar surface area (TPSA) is 114 Å². The summed E-state index contributed by atoms with van der Waals surface area (Å²) in [6.45, 7) is 5.77. The highest BCUT2D eigenvalue weighted by Gasteiger charge is 2.19. The molecule has 0 spiro atoms. The summed E-state index contributed by atoms with van der Waals surface area (Å²) in [5.41, 5.74) is 1.51. The summed E-state index contributed by atoms with van der Waals surface area (Å²) in [6.07, 6.45) is 3.27. The Morgan fingerprint density at radius 2 is 1.81 bits per heavy atom. The number of sulfonamides is 1. The number of aromatic nitrogens is 5. The minimum Gasteiger partial charge on any atom is -0.332 e. The lowest BCUT2D eigenvalue weighted by Crippen LogP contribution is -2.17. The number of nitrogens with one attached hydrogen (secondary N) is 2. The van der Waals surface area contributed by atoms with Gasteiger partial charge in [0.05, 0.1) is 17.6 Å². The van der Waals surface area contributed by atoms with Crippen molar-refractivity contribution in [3.63, 3.8) is 0 Å². The quantitative estimate of drug-likeness (QED) is 0.825. The van der Waals surface area contributed by atoms with Crippen molar-refractivity contribution < 1.29 is 8.42 Å². The molecule has 0 aromatic carbocycles. The number of imidazole rings is 1. The van der Waals surface area contributed by atoms with Crippen LogP contribution in [-0.4, -0.2) is 33.6 Å². The van der Waals surface area contributed by atoms with Gasteiger partial charge in [-0.25, -0.2) is 14.7 Å². The summed E-state index contributed by atoms with van der Waals surface area (Å²) in [7, 11) is -3.78. The molecule has 0 aliphatic carbocycles. The Balaban J connectivity index is 2.28. The summed E-state index contributed by atoms with van der Waals surface area (Å²) in [5.74, 6) is 0.571. The summed E-state index contributed by atoms with van der Waals surface area (Å²) in [6, 6.07) is 0. The van der Waals surface area contributed by atoms with E-state index in [4.69, 9.17) is 0 Å². The predicted molar refractivity (Wildman–Crippen MR) is 77.4 cm³/mol. The predicted octanol–water partition coefficient (Wildman–Crippen LogP) is 1.08. The van der Waals surface area contributed by atoms with Gasteiger partial charge in [-0.1, -0.05) is 20.8 Å². The van der Waals surface area contributed by atoms with Gasteiger partial charge in [-0.15, -0.1) is 10.2 Å². The van der Waals surface area contributed by atoms with Crippen LogP contribution in [0.4, 0.5) is 5.95 Å². The third kappa shape index (κ3) is 3.35. The van der Waals surface area contributed by atoms with Gasteiger partial charge in [-0.3, -0.25) is 0 Å². The molecule has 114 valence electrons. The number of rotatable bonds is 6. The fourth-order valence-electron chi connectivity index (χ4n) is 1.82. The van der Waals surface area contributed by atoms with Crippen molar-refractivity contribution in [1.82, 2.24) is 25.1 Å². The van der Waals surface area contributed by atoms with Crippen molar-refractivity contribution in [2.75, 3.05) is 4.72 Å². The maximum absolute atomic E-state index is 12.2. The van der Waals surface area contributed by atoms with Crippen LogP contribution in [-0.2, 0) is 29.3 Å². The number of nitrogens with zero attached hydrogens (tertiary/aromatic N) is 4. The van der Waals surface area contributed by atoms with E-state index in [1.807, 2.05) is 20.8 Å². The Bertz CT molecular complexity index is 725. The average Bonchev–Trinajstić information content (AvgIpc) is 2.96. The number of anilines is 1. The number of aromatic amines is 1. The highest BCUT2D eigenvalue weighted by Crippen LogP contribution is 2.12. The highest BCUT2D eigenvalue weighted by molar-refractivity contribution is 7.92. The van der Waals surface area contributed by atoms with Gasteiger partial charge in [0.15, 0.2) is 5.03 Å². The maximum atomic E-state index is 12.2. The Labute approximate surface area is 123 Å². The monoisotopic (exact) mass is 310 g/mol. The molecular formula is C12H18N6O2S. The van der Waals surface area contributed by atoms with E-state index >= 15 is 0 Å². The molecule has 0 fully saturated rings. The molecule has 0 saturated carbocycles. The summed E-state index contributed by atoms with van der Waals surface area (Å²) >= 11 is 0. The van der Waals surface area contributed by atoms with E-state index in [1.54, 1.807) is 0 Å². The average molecular weight is 310 g/mol. The molecule has 2 aromatic rings. The second-order valence-electron chi connectivity index (χ2n) is 4.39. The summed E-state index contributed by atoms with van der Waals surface area (Å²) < 4.78 is 26.7. The zero-order valence-electron chi connectivity index (χ0n) is 12.2. The van der Waals surface area contributed by atoms with E-state index < -0.39 is 10.0 Å². The lowest BCUT2D eigenvalue weighted by Gasteiger charge is -2.07. The van der Waals surface area contributed by atoms with Crippen LogP contribution in [0.5, 0.6) is 0 Å². The molecule has 0 aliphatic rings. The number of hydrogen-bond acceptors (Lipinski definition) is 6. The molecule has 2 aromatic heterocycles. The minimum atomic E-state index is -3.78. The van der Waals surface area contributed by atoms with Gasteiger partial charge < -0.3 is 4.98 Å². The fraction of sp³-hybridized carbons (Fsp3) is 0.500. The zero-order valence-corrected chi connectivity index (χ0v) is 13.0. The SMILES string of the molecule is CCc1ncc(S(=O)(=O)Nc2nnc(CC)c(CC)n2)[nH]1. The van der Waals surface area contributed by atoms with Crippen molar-refractivity contribution in [2.45, 2.75) is 45.1 Å². The molecule has 21 heavy (non-hydrogen) atoms. The van der Waals surface area contributed by atoms with Gasteiger partial charge in [0.25, 0.3) is 16.0 Å². The third-order valence-electron chi connectivity index (χ3n) is 2.96. The van der Waals surface area contributed by atoms with Crippen LogP contribution < -0.4 is 4.72 Å². The third-order valence-corrected chi connectivity index (χ3v) is 4.20. The summed E-state index contributed by atoms with van der Waals surface area (Å²) in [5, 5.41) is 7.80. The Kier molecular flexibility index (Phi) is 4.51. The van der Waals surface area contributed by atoms with Crippen LogP contribution in [0.25, 0.3) is 0 Å². The second-order valence-corrected chi connectivity index (χ2v) is 6.04. The van der Waals surface area contributed by atoms with Gasteiger partial charge in [-0.05, 0) is 12.8 Å².